The van der Waals surface area contributed by atoms with Crippen LogP contribution in [0.25, 0.3) is 5.69 Å². The van der Waals surface area contributed by atoms with E-state index in [1.165, 1.54) is 11.3 Å². The van der Waals surface area contributed by atoms with Gasteiger partial charge >= 0.3 is 0 Å². The van der Waals surface area contributed by atoms with Gasteiger partial charge in [-0.3, -0.25) is 4.79 Å². The average molecular weight is 333 g/mol. The van der Waals surface area contributed by atoms with Crippen molar-refractivity contribution in [2.45, 2.75) is 6.42 Å². The fraction of sp³-hybridized carbons (Fsp3) is 0.133. The zero-order valence-electron chi connectivity index (χ0n) is 11.6. The number of nitrogens with zero attached hydrogens (tertiary/aromatic N) is 3. The molecule has 112 valence electrons. The van der Waals surface area contributed by atoms with Crippen LogP contribution in [-0.2, 0) is 6.42 Å². The second kappa shape index (κ2) is 6.72. The van der Waals surface area contributed by atoms with E-state index >= 15 is 0 Å². The number of para-hydroxylation sites is 1. The van der Waals surface area contributed by atoms with Crippen molar-refractivity contribution >= 4 is 28.8 Å². The van der Waals surface area contributed by atoms with Crippen LogP contribution in [0.4, 0.5) is 0 Å². The maximum Gasteiger partial charge on any atom is 0.273 e. The van der Waals surface area contributed by atoms with Crippen LogP contribution in [0.5, 0.6) is 0 Å². The summed E-state index contributed by atoms with van der Waals surface area (Å²) in [6, 6.07) is 13.4. The first-order chi connectivity index (χ1) is 10.7. The lowest BCUT2D eigenvalue weighted by Crippen LogP contribution is -2.25. The minimum atomic E-state index is -0.232. The lowest BCUT2D eigenvalue weighted by molar-refractivity contribution is 0.0949. The second-order valence-electron chi connectivity index (χ2n) is 4.60. The Morgan fingerprint density at radius 3 is 2.77 bits per heavy atom. The standard InChI is InChI=1S/C15H13ClN4OS/c16-14-7-6-12(22-14)8-9-17-15(21)13-10-20(19-18-13)11-4-2-1-3-5-11/h1-7,10H,8-9H2,(H,17,21). The Morgan fingerprint density at radius 2 is 2.05 bits per heavy atom. The van der Waals surface area contributed by atoms with Gasteiger partial charge in [-0.1, -0.05) is 35.0 Å². The van der Waals surface area contributed by atoms with E-state index in [0.717, 1.165) is 21.3 Å². The minimum Gasteiger partial charge on any atom is -0.350 e. The molecule has 0 unspecified atom stereocenters. The molecule has 0 spiro atoms. The molecule has 1 N–H and O–H groups in total. The summed E-state index contributed by atoms with van der Waals surface area (Å²) in [6.45, 7) is 0.536. The first-order valence-corrected chi connectivity index (χ1v) is 7.92. The predicted octanol–water partition coefficient (Wildman–Crippen LogP) is 2.95. The van der Waals surface area contributed by atoms with Crippen molar-refractivity contribution in [1.82, 2.24) is 20.3 Å². The van der Waals surface area contributed by atoms with Gasteiger partial charge in [0.05, 0.1) is 16.2 Å². The van der Waals surface area contributed by atoms with E-state index in [0.29, 0.717) is 12.2 Å². The summed E-state index contributed by atoms with van der Waals surface area (Å²) < 4.78 is 2.33. The number of amides is 1. The number of hydrogen-bond donors (Lipinski definition) is 1. The molecule has 0 radical (unpaired) electrons. The molecule has 7 heteroatoms. The molecule has 1 aromatic carbocycles. The molecule has 1 amide bonds. The van der Waals surface area contributed by atoms with E-state index in [-0.39, 0.29) is 5.91 Å². The SMILES string of the molecule is O=C(NCCc1ccc(Cl)s1)c1cn(-c2ccccc2)nn1. The zero-order chi connectivity index (χ0) is 15.4. The van der Waals surface area contributed by atoms with Crippen LogP contribution >= 0.6 is 22.9 Å². The molecule has 0 aliphatic rings. The summed E-state index contributed by atoms with van der Waals surface area (Å²) in [7, 11) is 0. The Balaban J connectivity index is 1.58. The van der Waals surface area contributed by atoms with E-state index in [4.69, 9.17) is 11.6 Å². The third kappa shape index (κ3) is 3.52. The zero-order valence-corrected chi connectivity index (χ0v) is 13.1. The van der Waals surface area contributed by atoms with E-state index in [9.17, 15) is 4.79 Å². The summed E-state index contributed by atoms with van der Waals surface area (Å²) in [5, 5.41) is 10.7. The quantitative estimate of drug-likeness (QED) is 0.781. The van der Waals surface area contributed by atoms with Crippen LogP contribution in [0.15, 0.2) is 48.7 Å². The molecule has 0 saturated heterocycles. The summed E-state index contributed by atoms with van der Waals surface area (Å²) in [5.74, 6) is -0.232. The Hall–Kier alpha value is -2.18. The number of hydrogen-bond acceptors (Lipinski definition) is 4. The highest BCUT2D eigenvalue weighted by Gasteiger charge is 2.11. The second-order valence-corrected chi connectivity index (χ2v) is 6.40. The molecule has 0 saturated carbocycles. The van der Waals surface area contributed by atoms with Crippen molar-refractivity contribution in [2.24, 2.45) is 0 Å². The highest BCUT2D eigenvalue weighted by Crippen LogP contribution is 2.21. The van der Waals surface area contributed by atoms with Crippen LogP contribution in [0.3, 0.4) is 0 Å². The Labute approximate surface area is 136 Å². The van der Waals surface area contributed by atoms with Gasteiger partial charge in [0.15, 0.2) is 5.69 Å². The first kappa shape index (κ1) is 14.7. The van der Waals surface area contributed by atoms with Gasteiger partial charge in [0.2, 0.25) is 0 Å². The minimum absolute atomic E-state index is 0.232. The van der Waals surface area contributed by atoms with Gasteiger partial charge in [-0.2, -0.15) is 0 Å². The Morgan fingerprint density at radius 1 is 1.23 bits per heavy atom. The number of halogens is 1. The largest absolute Gasteiger partial charge is 0.350 e. The van der Waals surface area contributed by atoms with Gasteiger partial charge in [0.1, 0.15) is 0 Å². The highest BCUT2D eigenvalue weighted by molar-refractivity contribution is 7.16. The molecule has 0 fully saturated rings. The van der Waals surface area contributed by atoms with Gasteiger partial charge < -0.3 is 5.32 Å². The van der Waals surface area contributed by atoms with Crippen molar-refractivity contribution in [1.29, 1.82) is 0 Å². The molecular formula is C15H13ClN4OS. The average Bonchev–Trinajstić information content (AvgIpc) is 3.17. The fourth-order valence-corrected chi connectivity index (χ4v) is 3.04. The third-order valence-corrected chi connectivity index (χ3v) is 4.32. The molecule has 2 heterocycles. The van der Waals surface area contributed by atoms with Gasteiger partial charge in [0.25, 0.3) is 5.91 Å². The monoisotopic (exact) mass is 332 g/mol. The molecule has 0 bridgehead atoms. The molecule has 3 aromatic rings. The fourth-order valence-electron chi connectivity index (χ4n) is 1.95. The van der Waals surface area contributed by atoms with Crippen molar-refractivity contribution < 1.29 is 4.79 Å². The number of carbonyl (C=O) groups excluding carboxylic acids is 1. The van der Waals surface area contributed by atoms with Gasteiger partial charge in [0, 0.05) is 11.4 Å². The maximum absolute atomic E-state index is 12.0. The molecule has 0 atom stereocenters. The number of aromatic nitrogens is 3. The number of benzene rings is 1. The van der Waals surface area contributed by atoms with Gasteiger partial charge in [-0.05, 0) is 30.7 Å². The Bertz CT molecular complexity index is 769. The number of nitrogens with one attached hydrogen (secondary N) is 1. The van der Waals surface area contributed by atoms with Gasteiger partial charge in [-0.15, -0.1) is 16.4 Å². The van der Waals surface area contributed by atoms with E-state index < -0.39 is 0 Å². The Kier molecular flexibility index (Phi) is 4.50. The molecule has 0 aliphatic carbocycles. The van der Waals surface area contributed by atoms with Gasteiger partial charge in [-0.25, -0.2) is 4.68 Å². The third-order valence-electron chi connectivity index (χ3n) is 3.03. The summed E-state index contributed by atoms with van der Waals surface area (Å²) in [4.78, 5) is 13.2. The smallest absolute Gasteiger partial charge is 0.273 e. The topological polar surface area (TPSA) is 59.8 Å². The van der Waals surface area contributed by atoms with Crippen molar-refractivity contribution in [3.8, 4) is 5.69 Å². The van der Waals surface area contributed by atoms with E-state index in [2.05, 4.69) is 15.6 Å². The maximum atomic E-state index is 12.0. The predicted molar refractivity (Wildman–Crippen MR) is 86.7 cm³/mol. The molecular weight excluding hydrogens is 320 g/mol. The molecule has 5 nitrogen and oxygen atoms in total. The molecule has 2 aromatic heterocycles. The van der Waals surface area contributed by atoms with Crippen LogP contribution in [0.1, 0.15) is 15.4 Å². The van der Waals surface area contributed by atoms with Crippen LogP contribution in [0.2, 0.25) is 4.34 Å². The first-order valence-electron chi connectivity index (χ1n) is 6.72. The lowest BCUT2D eigenvalue weighted by atomic mass is 10.3. The van der Waals surface area contributed by atoms with Crippen molar-refractivity contribution in [3.05, 3.63) is 63.6 Å². The number of carbonyl (C=O) groups is 1. The normalized spacial score (nSPS) is 10.6. The summed E-state index contributed by atoms with van der Waals surface area (Å²) >= 11 is 7.39. The highest BCUT2D eigenvalue weighted by atomic mass is 35.5. The van der Waals surface area contributed by atoms with Crippen LogP contribution in [-0.4, -0.2) is 27.4 Å². The summed E-state index contributed by atoms with van der Waals surface area (Å²) in [6.07, 6.45) is 2.36. The van der Waals surface area contributed by atoms with E-state index in [1.54, 1.807) is 10.9 Å². The molecule has 0 aliphatic heterocycles. The lowest BCUT2D eigenvalue weighted by Gasteiger charge is -2.01. The van der Waals surface area contributed by atoms with Crippen molar-refractivity contribution in [3.63, 3.8) is 0 Å². The van der Waals surface area contributed by atoms with Crippen molar-refractivity contribution in [2.75, 3.05) is 6.54 Å². The molecule has 22 heavy (non-hydrogen) atoms. The summed E-state index contributed by atoms with van der Waals surface area (Å²) in [5.41, 5.74) is 1.16. The number of thiophene rings is 1. The number of rotatable bonds is 5. The van der Waals surface area contributed by atoms with Crippen LogP contribution < -0.4 is 5.32 Å². The van der Waals surface area contributed by atoms with E-state index in [1.807, 2.05) is 42.5 Å². The molecule has 3 rings (SSSR count). The van der Waals surface area contributed by atoms with Crippen LogP contribution in [0, 0.1) is 0 Å².